The zero-order valence-corrected chi connectivity index (χ0v) is 54.8. The van der Waals surface area contributed by atoms with Gasteiger partial charge in [-0.15, -0.1) is 0 Å². The Hall–Kier alpha value is -8.01. The Bertz CT molecular complexity index is 4160. The van der Waals surface area contributed by atoms with Gasteiger partial charge >= 0.3 is 0 Å². The summed E-state index contributed by atoms with van der Waals surface area (Å²) >= 11 is 0. The van der Waals surface area contributed by atoms with Crippen LogP contribution in [0.25, 0.3) is 66.8 Å². The normalized spacial score (nSPS) is 31.2. The number of carbonyl (C=O) groups is 3. The number of rotatable bonds is 6. The first-order chi connectivity index (χ1) is 45.1. The Balaban J connectivity index is 0.642. The molecule has 9 aromatic carbocycles. The largest absolute Gasteiger partial charge is 0.299 e. The van der Waals surface area contributed by atoms with Gasteiger partial charge in [0.15, 0.2) is 0 Å². The molecule has 3 heteroatoms. The lowest BCUT2D eigenvalue weighted by Gasteiger charge is -2.48. The molecule has 93 heavy (non-hydrogen) atoms. The zero-order valence-electron chi connectivity index (χ0n) is 54.8. The van der Waals surface area contributed by atoms with Gasteiger partial charge < -0.3 is 0 Å². The van der Waals surface area contributed by atoms with Crippen LogP contribution in [0.2, 0.25) is 0 Å². The van der Waals surface area contributed by atoms with E-state index in [2.05, 4.69) is 242 Å². The van der Waals surface area contributed by atoms with Crippen molar-refractivity contribution in [2.45, 2.75) is 133 Å². The van der Waals surface area contributed by atoms with Gasteiger partial charge in [0.05, 0.1) is 0 Å². The molecule has 10 aliphatic carbocycles. The molecule has 462 valence electrons. The highest BCUT2D eigenvalue weighted by atomic mass is 16.1. The lowest BCUT2D eigenvalue weighted by atomic mass is 9.54. The molecule has 7 saturated carbocycles. The Morgan fingerprint density at radius 1 is 0.269 bits per heavy atom. The molecular formula is C90H84O3. The van der Waals surface area contributed by atoms with Crippen molar-refractivity contribution >= 4 is 17.3 Å². The van der Waals surface area contributed by atoms with Gasteiger partial charge in [0.2, 0.25) is 0 Å². The molecule has 9 unspecified atom stereocenters. The molecule has 19 rings (SSSR count). The van der Waals surface area contributed by atoms with Crippen molar-refractivity contribution in [2.75, 3.05) is 0 Å². The van der Waals surface area contributed by atoms with Crippen LogP contribution in [-0.2, 0) is 30.6 Å². The van der Waals surface area contributed by atoms with Crippen LogP contribution in [0.1, 0.15) is 167 Å². The van der Waals surface area contributed by atoms with Crippen LogP contribution in [0, 0.1) is 71.0 Å². The van der Waals surface area contributed by atoms with E-state index in [9.17, 15) is 0 Å². The molecule has 0 heterocycles. The molecule has 0 amide bonds. The summed E-state index contributed by atoms with van der Waals surface area (Å²) in [5.74, 6) is 1.89. The van der Waals surface area contributed by atoms with E-state index >= 15 is 14.4 Å². The summed E-state index contributed by atoms with van der Waals surface area (Å²) < 4.78 is 0. The van der Waals surface area contributed by atoms with Crippen LogP contribution in [0.5, 0.6) is 0 Å². The summed E-state index contributed by atoms with van der Waals surface area (Å²) in [4.78, 5) is 48.8. The molecule has 9 aromatic rings. The van der Waals surface area contributed by atoms with Crippen molar-refractivity contribution in [2.24, 2.45) is 71.0 Å². The van der Waals surface area contributed by atoms with E-state index in [1.165, 1.54) is 117 Å². The molecule has 0 spiro atoms. The van der Waals surface area contributed by atoms with E-state index < -0.39 is 0 Å². The number of hydrogen-bond acceptors (Lipinski definition) is 3. The van der Waals surface area contributed by atoms with Crippen LogP contribution in [0.4, 0.5) is 0 Å². The first kappa shape index (κ1) is 56.5. The van der Waals surface area contributed by atoms with Crippen LogP contribution >= 0.6 is 0 Å². The average Bonchev–Trinajstić information content (AvgIpc) is 1.52. The molecule has 7 fully saturated rings. The summed E-state index contributed by atoms with van der Waals surface area (Å²) in [5.41, 5.74) is 27.4. The first-order valence-electron chi connectivity index (χ1n) is 35.8. The number of carbonyl (C=O) groups excluding carboxylic acids is 3. The van der Waals surface area contributed by atoms with Crippen molar-refractivity contribution in [3.63, 3.8) is 0 Å². The minimum Gasteiger partial charge on any atom is -0.299 e. The molecule has 0 aromatic heterocycles. The predicted octanol–water partition coefficient (Wildman–Crippen LogP) is 21.0. The van der Waals surface area contributed by atoms with Gasteiger partial charge in [-0.3, -0.25) is 14.4 Å². The summed E-state index contributed by atoms with van der Waals surface area (Å²) in [7, 11) is 0. The Morgan fingerprint density at radius 3 is 0.785 bits per heavy atom. The van der Waals surface area contributed by atoms with E-state index in [0.29, 0.717) is 17.3 Å². The maximum atomic E-state index is 16.3. The van der Waals surface area contributed by atoms with Crippen LogP contribution in [-0.4, -0.2) is 17.3 Å². The summed E-state index contributed by atoms with van der Waals surface area (Å²) in [5, 5.41) is 0. The summed E-state index contributed by atoms with van der Waals surface area (Å²) in [6.45, 7) is 14.4. The van der Waals surface area contributed by atoms with Crippen molar-refractivity contribution in [1.82, 2.24) is 0 Å². The minimum absolute atomic E-state index is 0.0332. The third-order valence-corrected chi connectivity index (χ3v) is 27.6. The maximum Gasteiger partial charge on any atom is 0.139 e. The number of Topliss-reactive ketones (excluding diaryl/α,β-unsaturated/α-hetero) is 3. The van der Waals surface area contributed by atoms with Crippen LogP contribution in [0.3, 0.4) is 0 Å². The van der Waals surface area contributed by atoms with Gasteiger partial charge in [-0.05, 0) is 246 Å². The van der Waals surface area contributed by atoms with Gasteiger partial charge in [-0.2, -0.15) is 0 Å². The Kier molecular flexibility index (Phi) is 12.3. The average molecular weight is 1210 g/mol. The molecule has 0 aliphatic heterocycles. The molecule has 0 radical (unpaired) electrons. The molecule has 3 nitrogen and oxygen atoms in total. The van der Waals surface area contributed by atoms with E-state index in [-0.39, 0.29) is 105 Å². The molecular weight excluding hydrogens is 1130 g/mol. The van der Waals surface area contributed by atoms with E-state index in [1.54, 1.807) is 0 Å². The van der Waals surface area contributed by atoms with Crippen molar-refractivity contribution in [3.05, 3.63) is 250 Å². The monoisotopic (exact) mass is 1210 g/mol. The van der Waals surface area contributed by atoms with Gasteiger partial charge in [0.25, 0.3) is 0 Å². The Labute approximate surface area is 549 Å². The van der Waals surface area contributed by atoms with Gasteiger partial charge in [-0.25, -0.2) is 0 Å². The molecule has 9 atom stereocenters. The first-order valence-corrected chi connectivity index (χ1v) is 35.8. The third-order valence-electron chi connectivity index (χ3n) is 27.6. The predicted molar refractivity (Wildman–Crippen MR) is 375 cm³/mol. The molecule has 0 saturated heterocycles. The number of benzene rings is 9. The highest BCUT2D eigenvalue weighted by molar-refractivity contribution is 5.97. The quantitative estimate of drug-likeness (QED) is 0.167. The highest BCUT2D eigenvalue weighted by Gasteiger charge is 2.73. The number of hydrogen-bond donors (Lipinski definition) is 0. The second-order valence-electron chi connectivity index (χ2n) is 32.5. The van der Waals surface area contributed by atoms with E-state index in [1.807, 2.05) is 0 Å². The van der Waals surface area contributed by atoms with Crippen molar-refractivity contribution in [1.29, 1.82) is 0 Å². The van der Waals surface area contributed by atoms with E-state index in [0.717, 1.165) is 57.8 Å². The van der Waals surface area contributed by atoms with E-state index in [4.69, 9.17) is 0 Å². The SMILES string of the molecule is CC1(C)c2cc(-c3ccccc3)ccc2-c2ccc(C3CCC4C(C3)C(=O)C3C4C4C(=O)C5CC(c6ccc7c(c6)C(C)(C)c6cc(-c8ccccc8)ccc6-7)CCC5C4C4C(=O)C5CC(c6ccc7c(c6)C(C)(C)c6cc(-c8ccccc8)ccc6-7)CCC5C34)cc21. The van der Waals surface area contributed by atoms with Crippen molar-refractivity contribution < 1.29 is 14.4 Å². The van der Waals surface area contributed by atoms with Crippen LogP contribution in [0.15, 0.2) is 200 Å². The lowest BCUT2D eigenvalue weighted by molar-refractivity contribution is -0.138. The van der Waals surface area contributed by atoms with Gasteiger partial charge in [-0.1, -0.05) is 224 Å². The fraction of sp³-hybridized carbons (Fsp3) is 0.367. The lowest BCUT2D eigenvalue weighted by Crippen LogP contribution is -2.49. The topological polar surface area (TPSA) is 51.2 Å². The summed E-state index contributed by atoms with van der Waals surface area (Å²) in [6.07, 6.45) is 8.58. The fourth-order valence-corrected chi connectivity index (χ4v) is 23.2. The molecule has 0 N–H and O–H groups in total. The molecule has 0 bridgehead atoms. The number of fused-ring (bicyclic) bond motifs is 21. The van der Waals surface area contributed by atoms with Crippen molar-refractivity contribution in [3.8, 4) is 66.8 Å². The molecule has 10 aliphatic rings. The van der Waals surface area contributed by atoms with Gasteiger partial charge in [0, 0.05) is 51.8 Å². The number of ketones is 3. The maximum absolute atomic E-state index is 16.3. The standard InChI is InChI=1S/C90H84O3/c1-88(2)73-43-55(49-16-10-7-11-17-49)22-31-61(73)64-34-25-58(46-76(64)88)52-28-37-67-70(40-52)85(91)82-79(67)83-81(69-39-30-54(42-72(69)86(83)92)60-27-36-66-63-33-24-57(51-20-14-9-15-21-51)45-75(63)90(5,6)78(66)48-60)84-80(82)68-38-29-53(41-71(68)87(84)93)59-26-35-65-62-32-23-56(50-18-12-8-13-19-50)44-74(62)89(3,4)77(65)47-59/h7-27,31-36,43-48,52-54,67-72,79-84H,28-30,37-42H2,1-6H3. The fourth-order valence-electron chi connectivity index (χ4n) is 23.2. The smallest absolute Gasteiger partial charge is 0.139 e. The Morgan fingerprint density at radius 2 is 0.516 bits per heavy atom. The zero-order chi connectivity index (χ0) is 62.7. The second-order valence-corrected chi connectivity index (χ2v) is 32.5. The third kappa shape index (κ3) is 8.04. The van der Waals surface area contributed by atoms with Crippen LogP contribution < -0.4 is 0 Å². The van der Waals surface area contributed by atoms with Gasteiger partial charge in [0.1, 0.15) is 17.3 Å². The summed E-state index contributed by atoms with van der Waals surface area (Å²) in [6, 6.07) is 75.3. The highest BCUT2D eigenvalue weighted by Crippen LogP contribution is 2.72. The second kappa shape index (κ2) is 20.3. The minimum atomic E-state index is -0.212.